The highest BCUT2D eigenvalue weighted by Crippen LogP contribution is 2.03. The van der Waals surface area contributed by atoms with Gasteiger partial charge in [0, 0.05) is 25.5 Å². The maximum Gasteiger partial charge on any atom is 0.329 e. The Labute approximate surface area is 111 Å². The van der Waals surface area contributed by atoms with Crippen molar-refractivity contribution < 1.29 is 19.4 Å². The van der Waals surface area contributed by atoms with Crippen LogP contribution < -0.4 is 10.6 Å². The molecule has 0 aliphatic heterocycles. The van der Waals surface area contributed by atoms with E-state index in [1.807, 2.05) is 13.0 Å². The number of amides is 2. The molecule has 0 atom stereocenters. The van der Waals surface area contributed by atoms with Crippen LogP contribution >= 0.6 is 0 Å². The number of pyridine rings is 1. The van der Waals surface area contributed by atoms with Crippen LogP contribution in [0.2, 0.25) is 0 Å². The average molecular weight is 267 g/mol. The Hall–Kier alpha value is -2.15. The quantitative estimate of drug-likeness (QED) is 0.616. The Kier molecular flexibility index (Phi) is 6.31. The predicted molar refractivity (Wildman–Crippen MR) is 67.7 cm³/mol. The summed E-state index contributed by atoms with van der Waals surface area (Å²) >= 11 is 0. The largest absolute Gasteiger partial charge is 0.480 e. The first kappa shape index (κ1) is 14.9. The van der Waals surface area contributed by atoms with E-state index >= 15 is 0 Å². The standard InChI is InChI=1S/C12H17N3O4/c1-9-2-3-13-6-10(9)7-15-12(18)14-4-5-19-8-11(16)17/h2-3,6H,4-5,7-8H2,1H3,(H,16,17)(H2,14,15,18). The number of nitrogens with one attached hydrogen (secondary N) is 2. The first-order chi connectivity index (χ1) is 9.09. The van der Waals surface area contributed by atoms with E-state index in [1.165, 1.54) is 0 Å². The van der Waals surface area contributed by atoms with Crippen molar-refractivity contribution in [2.24, 2.45) is 0 Å². The molecule has 0 saturated carbocycles. The van der Waals surface area contributed by atoms with Crippen molar-refractivity contribution >= 4 is 12.0 Å². The van der Waals surface area contributed by atoms with Gasteiger partial charge >= 0.3 is 12.0 Å². The number of carboxylic acids is 1. The lowest BCUT2D eigenvalue weighted by Gasteiger charge is -2.08. The number of hydrogen-bond acceptors (Lipinski definition) is 4. The van der Waals surface area contributed by atoms with E-state index in [9.17, 15) is 9.59 Å². The molecule has 0 aromatic carbocycles. The van der Waals surface area contributed by atoms with Crippen LogP contribution in [-0.4, -0.2) is 41.8 Å². The smallest absolute Gasteiger partial charge is 0.329 e. The Morgan fingerprint density at radius 3 is 2.89 bits per heavy atom. The molecule has 1 heterocycles. The number of carboxylic acid groups (broad SMARTS) is 1. The van der Waals surface area contributed by atoms with Gasteiger partial charge in [-0.3, -0.25) is 4.98 Å². The number of aryl methyl sites for hydroxylation is 1. The minimum absolute atomic E-state index is 0.158. The molecule has 0 bridgehead atoms. The number of aliphatic carboxylic acids is 1. The third-order valence-corrected chi connectivity index (χ3v) is 2.34. The number of carbonyl (C=O) groups is 2. The van der Waals surface area contributed by atoms with Gasteiger partial charge in [0.2, 0.25) is 0 Å². The summed E-state index contributed by atoms with van der Waals surface area (Å²) in [6, 6.07) is 1.54. The molecule has 104 valence electrons. The molecule has 0 spiro atoms. The number of hydrogen-bond donors (Lipinski definition) is 3. The second-order valence-electron chi connectivity index (χ2n) is 3.86. The van der Waals surface area contributed by atoms with Crippen LogP contribution in [0.15, 0.2) is 18.5 Å². The third kappa shape index (κ3) is 6.37. The Bertz CT molecular complexity index is 437. The van der Waals surface area contributed by atoms with E-state index in [1.54, 1.807) is 12.4 Å². The SMILES string of the molecule is Cc1ccncc1CNC(=O)NCCOCC(=O)O. The number of nitrogens with zero attached hydrogens (tertiary/aromatic N) is 1. The van der Waals surface area contributed by atoms with Gasteiger partial charge in [-0.25, -0.2) is 9.59 Å². The van der Waals surface area contributed by atoms with Crippen molar-refractivity contribution in [3.05, 3.63) is 29.6 Å². The fourth-order valence-corrected chi connectivity index (χ4v) is 1.32. The molecule has 1 rings (SSSR count). The lowest BCUT2D eigenvalue weighted by Crippen LogP contribution is -2.37. The summed E-state index contributed by atoms with van der Waals surface area (Å²) in [4.78, 5) is 25.5. The second kappa shape index (κ2) is 8.04. The molecule has 2 amide bonds. The topological polar surface area (TPSA) is 101 Å². The van der Waals surface area contributed by atoms with E-state index in [0.29, 0.717) is 6.54 Å². The number of ether oxygens (including phenoxy) is 1. The van der Waals surface area contributed by atoms with Crippen molar-refractivity contribution in [3.8, 4) is 0 Å². The van der Waals surface area contributed by atoms with E-state index in [4.69, 9.17) is 9.84 Å². The molecule has 7 nitrogen and oxygen atoms in total. The Balaban J connectivity index is 2.15. The van der Waals surface area contributed by atoms with Crippen LogP contribution in [0.4, 0.5) is 4.79 Å². The van der Waals surface area contributed by atoms with Gasteiger partial charge in [0.1, 0.15) is 6.61 Å². The normalized spacial score (nSPS) is 9.95. The molecule has 0 aliphatic rings. The fourth-order valence-electron chi connectivity index (χ4n) is 1.32. The number of aromatic nitrogens is 1. The molecular weight excluding hydrogens is 250 g/mol. The molecule has 0 unspecified atom stereocenters. The van der Waals surface area contributed by atoms with Gasteiger partial charge in [-0.1, -0.05) is 0 Å². The summed E-state index contributed by atoms with van der Waals surface area (Å²) in [7, 11) is 0. The number of carbonyl (C=O) groups excluding carboxylic acids is 1. The van der Waals surface area contributed by atoms with Crippen molar-refractivity contribution in [3.63, 3.8) is 0 Å². The summed E-state index contributed by atoms with van der Waals surface area (Å²) in [5, 5.41) is 13.6. The van der Waals surface area contributed by atoms with Gasteiger partial charge in [0.05, 0.1) is 6.61 Å². The zero-order valence-corrected chi connectivity index (χ0v) is 10.7. The molecule has 0 aliphatic carbocycles. The number of rotatable bonds is 7. The van der Waals surface area contributed by atoms with Crippen LogP contribution in [0, 0.1) is 6.92 Å². The van der Waals surface area contributed by atoms with E-state index in [2.05, 4.69) is 15.6 Å². The van der Waals surface area contributed by atoms with Crippen molar-refractivity contribution in [1.29, 1.82) is 0 Å². The van der Waals surface area contributed by atoms with Gasteiger partial charge in [-0.15, -0.1) is 0 Å². The molecule has 19 heavy (non-hydrogen) atoms. The maximum absolute atomic E-state index is 11.4. The fraction of sp³-hybridized carbons (Fsp3) is 0.417. The first-order valence-corrected chi connectivity index (χ1v) is 5.80. The van der Waals surface area contributed by atoms with E-state index < -0.39 is 5.97 Å². The summed E-state index contributed by atoms with van der Waals surface area (Å²) in [6.07, 6.45) is 3.39. The maximum atomic E-state index is 11.4. The van der Waals surface area contributed by atoms with Gasteiger partial charge in [-0.2, -0.15) is 0 Å². The summed E-state index contributed by atoms with van der Waals surface area (Å²) in [5.74, 6) is -1.03. The second-order valence-corrected chi connectivity index (χ2v) is 3.86. The Morgan fingerprint density at radius 1 is 1.42 bits per heavy atom. The molecular formula is C12H17N3O4. The lowest BCUT2D eigenvalue weighted by molar-refractivity contribution is -0.142. The minimum Gasteiger partial charge on any atom is -0.480 e. The summed E-state index contributed by atoms with van der Waals surface area (Å²) < 4.78 is 4.78. The van der Waals surface area contributed by atoms with Gasteiger partial charge in [0.25, 0.3) is 0 Å². The summed E-state index contributed by atoms with van der Waals surface area (Å²) in [6.45, 7) is 2.38. The highest BCUT2D eigenvalue weighted by molar-refractivity contribution is 5.73. The van der Waals surface area contributed by atoms with Crippen molar-refractivity contribution in [1.82, 2.24) is 15.6 Å². The zero-order chi connectivity index (χ0) is 14.1. The van der Waals surface area contributed by atoms with Crippen LogP contribution in [0.5, 0.6) is 0 Å². The zero-order valence-electron chi connectivity index (χ0n) is 10.7. The molecule has 7 heteroatoms. The third-order valence-electron chi connectivity index (χ3n) is 2.34. The lowest BCUT2D eigenvalue weighted by atomic mass is 10.2. The molecule has 1 aromatic heterocycles. The molecule has 0 saturated heterocycles. The van der Waals surface area contributed by atoms with Gasteiger partial charge in [0.15, 0.2) is 0 Å². The van der Waals surface area contributed by atoms with Crippen molar-refractivity contribution in [2.45, 2.75) is 13.5 Å². The predicted octanol–water partition coefficient (Wildman–Crippen LogP) is 0.290. The molecule has 1 aromatic rings. The van der Waals surface area contributed by atoms with Crippen LogP contribution in [0.1, 0.15) is 11.1 Å². The van der Waals surface area contributed by atoms with E-state index in [0.717, 1.165) is 11.1 Å². The molecule has 0 fully saturated rings. The van der Waals surface area contributed by atoms with Gasteiger partial charge < -0.3 is 20.5 Å². The van der Waals surface area contributed by atoms with E-state index in [-0.39, 0.29) is 25.8 Å². The Morgan fingerprint density at radius 2 is 2.21 bits per heavy atom. The van der Waals surface area contributed by atoms with Crippen LogP contribution in [0.3, 0.4) is 0 Å². The van der Waals surface area contributed by atoms with Gasteiger partial charge in [-0.05, 0) is 24.1 Å². The minimum atomic E-state index is -1.03. The first-order valence-electron chi connectivity index (χ1n) is 5.80. The van der Waals surface area contributed by atoms with Crippen molar-refractivity contribution in [2.75, 3.05) is 19.8 Å². The highest BCUT2D eigenvalue weighted by Gasteiger charge is 2.02. The van der Waals surface area contributed by atoms with Crippen LogP contribution in [-0.2, 0) is 16.1 Å². The monoisotopic (exact) mass is 267 g/mol. The summed E-state index contributed by atoms with van der Waals surface area (Å²) in [5.41, 5.74) is 2.00. The number of urea groups is 1. The molecule has 0 radical (unpaired) electrons. The van der Waals surface area contributed by atoms with Crippen LogP contribution in [0.25, 0.3) is 0 Å². The highest BCUT2D eigenvalue weighted by atomic mass is 16.5. The molecule has 3 N–H and O–H groups in total. The average Bonchev–Trinajstić information content (AvgIpc) is 2.37.